The molecule has 1 N–H and O–H groups in total. The molecule has 0 saturated heterocycles. The summed E-state index contributed by atoms with van der Waals surface area (Å²) < 4.78 is 26.2. The third-order valence-corrected chi connectivity index (χ3v) is 2.37. The van der Waals surface area contributed by atoms with Gasteiger partial charge in [-0.2, -0.15) is 4.39 Å². The minimum absolute atomic E-state index is 0.117. The van der Waals surface area contributed by atoms with Crippen LogP contribution < -0.4 is 0 Å². The highest BCUT2D eigenvalue weighted by Gasteiger charge is 2.23. The summed E-state index contributed by atoms with van der Waals surface area (Å²) in [6, 6.07) is 1.36. The second-order valence-electron chi connectivity index (χ2n) is 3.80. The fraction of sp³-hybridized carbons (Fsp3) is 0.455. The average Bonchev–Trinajstić information content (AvgIpc) is 2.15. The molecule has 0 bridgehead atoms. The van der Waals surface area contributed by atoms with Gasteiger partial charge in [0.05, 0.1) is 11.0 Å². The zero-order valence-electron chi connectivity index (χ0n) is 9.32. The molecular weight excluding hydrogens is 232 g/mol. The molecule has 0 heterocycles. The van der Waals surface area contributed by atoms with Crippen LogP contribution in [-0.2, 0) is 6.42 Å². The van der Waals surface area contributed by atoms with Gasteiger partial charge in [-0.25, -0.2) is 4.39 Å². The van der Waals surface area contributed by atoms with Crippen LogP contribution >= 0.6 is 0 Å². The number of nitro benzene ring substituents is 1. The zero-order valence-corrected chi connectivity index (χ0v) is 9.32. The van der Waals surface area contributed by atoms with Crippen LogP contribution in [0.3, 0.4) is 0 Å². The van der Waals surface area contributed by atoms with Gasteiger partial charge in [-0.05, 0) is 12.5 Å². The van der Waals surface area contributed by atoms with Gasteiger partial charge >= 0.3 is 5.69 Å². The summed E-state index contributed by atoms with van der Waals surface area (Å²) in [7, 11) is 0. The first-order valence-electron chi connectivity index (χ1n) is 5.26. The Morgan fingerprint density at radius 3 is 2.65 bits per heavy atom. The normalized spacial score (nSPS) is 12.5. The lowest BCUT2D eigenvalue weighted by molar-refractivity contribution is -0.388. The number of aliphatic hydroxyl groups is 1. The van der Waals surface area contributed by atoms with E-state index in [0.29, 0.717) is 18.9 Å². The molecule has 1 unspecified atom stereocenters. The van der Waals surface area contributed by atoms with Crippen molar-refractivity contribution in [1.29, 1.82) is 0 Å². The Morgan fingerprint density at radius 1 is 1.47 bits per heavy atom. The van der Waals surface area contributed by atoms with Crippen molar-refractivity contribution in [1.82, 2.24) is 0 Å². The Labute approximate surface area is 97.0 Å². The van der Waals surface area contributed by atoms with Crippen molar-refractivity contribution in [3.8, 4) is 0 Å². The number of halogens is 2. The molecule has 17 heavy (non-hydrogen) atoms. The van der Waals surface area contributed by atoms with Crippen molar-refractivity contribution in [2.75, 3.05) is 0 Å². The molecule has 6 heteroatoms. The summed E-state index contributed by atoms with van der Waals surface area (Å²) in [6.07, 6.45) is 0.154. The van der Waals surface area contributed by atoms with Gasteiger partial charge < -0.3 is 5.11 Å². The van der Waals surface area contributed by atoms with E-state index in [4.69, 9.17) is 0 Å². The van der Waals surface area contributed by atoms with Gasteiger partial charge in [0.25, 0.3) is 0 Å². The molecule has 94 valence electrons. The lowest BCUT2D eigenvalue weighted by Crippen LogP contribution is -2.12. The molecule has 1 aromatic carbocycles. The number of hydrogen-bond donors (Lipinski definition) is 1. The lowest BCUT2D eigenvalue weighted by Gasteiger charge is -2.09. The van der Waals surface area contributed by atoms with E-state index in [2.05, 4.69) is 0 Å². The molecule has 1 rings (SSSR count). The van der Waals surface area contributed by atoms with Crippen LogP contribution in [0.15, 0.2) is 12.1 Å². The molecule has 0 aliphatic heterocycles. The largest absolute Gasteiger partial charge is 0.393 e. The first kappa shape index (κ1) is 13.5. The predicted octanol–water partition coefficient (Wildman–Crippen LogP) is 2.58. The summed E-state index contributed by atoms with van der Waals surface area (Å²) >= 11 is 0. The first-order chi connectivity index (χ1) is 7.95. The first-order valence-corrected chi connectivity index (χ1v) is 5.26. The van der Waals surface area contributed by atoms with Crippen molar-refractivity contribution >= 4 is 5.69 Å². The van der Waals surface area contributed by atoms with Gasteiger partial charge in [0.1, 0.15) is 5.82 Å². The van der Waals surface area contributed by atoms with Gasteiger partial charge in [0.2, 0.25) is 5.82 Å². The van der Waals surface area contributed by atoms with Crippen LogP contribution in [0.2, 0.25) is 0 Å². The smallest absolute Gasteiger partial charge is 0.308 e. The second kappa shape index (κ2) is 5.67. The fourth-order valence-corrected chi connectivity index (χ4v) is 1.67. The zero-order chi connectivity index (χ0) is 13.0. The van der Waals surface area contributed by atoms with E-state index in [9.17, 15) is 24.0 Å². The van der Waals surface area contributed by atoms with Gasteiger partial charge in [0, 0.05) is 18.1 Å². The number of hydrogen-bond acceptors (Lipinski definition) is 3. The summed E-state index contributed by atoms with van der Waals surface area (Å²) in [5.41, 5.74) is -0.880. The topological polar surface area (TPSA) is 63.4 Å². The third-order valence-electron chi connectivity index (χ3n) is 2.37. The van der Waals surface area contributed by atoms with Crippen molar-refractivity contribution in [3.63, 3.8) is 0 Å². The van der Waals surface area contributed by atoms with Crippen LogP contribution in [0, 0.1) is 21.7 Å². The van der Waals surface area contributed by atoms with Crippen molar-refractivity contribution in [2.24, 2.45) is 0 Å². The van der Waals surface area contributed by atoms with Gasteiger partial charge in [-0.15, -0.1) is 0 Å². The number of benzene rings is 1. The highest BCUT2D eigenvalue weighted by atomic mass is 19.1. The number of nitrogens with zero attached hydrogens (tertiary/aromatic N) is 1. The Hall–Kier alpha value is -1.56. The molecule has 4 nitrogen and oxygen atoms in total. The molecule has 0 fully saturated rings. The molecule has 0 amide bonds. The van der Waals surface area contributed by atoms with E-state index >= 15 is 0 Å². The van der Waals surface area contributed by atoms with E-state index in [0.717, 1.165) is 6.07 Å². The van der Waals surface area contributed by atoms with E-state index in [1.165, 1.54) is 0 Å². The van der Waals surface area contributed by atoms with Crippen LogP contribution in [0.25, 0.3) is 0 Å². The van der Waals surface area contributed by atoms with Crippen LogP contribution in [0.1, 0.15) is 25.3 Å². The van der Waals surface area contributed by atoms with Crippen molar-refractivity contribution < 1.29 is 18.8 Å². The molecule has 0 spiro atoms. The molecular formula is C11H13F2NO3. The highest BCUT2D eigenvalue weighted by molar-refractivity contribution is 5.42. The summed E-state index contributed by atoms with van der Waals surface area (Å²) in [5.74, 6) is -2.10. The van der Waals surface area contributed by atoms with E-state index in [-0.39, 0.29) is 12.0 Å². The standard InChI is InChI=1S/C11H13F2NO3/c1-2-3-9(15)5-7-4-8(12)6-10(13)11(7)14(16)17/h4,6,9,15H,2-3,5H2,1H3. The molecule has 1 aromatic rings. The van der Waals surface area contributed by atoms with E-state index in [1.54, 1.807) is 0 Å². The average molecular weight is 245 g/mol. The number of nitro groups is 1. The van der Waals surface area contributed by atoms with Crippen LogP contribution in [0.5, 0.6) is 0 Å². The van der Waals surface area contributed by atoms with Gasteiger partial charge in [-0.1, -0.05) is 13.3 Å². The monoisotopic (exact) mass is 245 g/mol. The summed E-state index contributed by atoms with van der Waals surface area (Å²) in [5, 5.41) is 20.2. The molecule has 1 atom stereocenters. The molecule has 0 saturated carbocycles. The maximum atomic E-state index is 13.2. The Bertz CT molecular complexity index is 423. The quantitative estimate of drug-likeness (QED) is 0.640. The highest BCUT2D eigenvalue weighted by Crippen LogP contribution is 2.25. The maximum absolute atomic E-state index is 13.2. The molecule has 0 aliphatic carbocycles. The van der Waals surface area contributed by atoms with E-state index < -0.39 is 28.3 Å². The third kappa shape index (κ3) is 3.45. The predicted molar refractivity (Wildman–Crippen MR) is 57.6 cm³/mol. The Balaban J connectivity index is 3.08. The van der Waals surface area contributed by atoms with Gasteiger partial charge in [-0.3, -0.25) is 10.1 Å². The fourth-order valence-electron chi connectivity index (χ4n) is 1.67. The van der Waals surface area contributed by atoms with Crippen LogP contribution in [-0.4, -0.2) is 16.1 Å². The van der Waals surface area contributed by atoms with Crippen molar-refractivity contribution in [3.05, 3.63) is 39.4 Å². The summed E-state index contributed by atoms with van der Waals surface area (Å²) in [4.78, 5) is 9.75. The van der Waals surface area contributed by atoms with Crippen molar-refractivity contribution in [2.45, 2.75) is 32.3 Å². The minimum atomic E-state index is -1.21. The molecule has 0 aromatic heterocycles. The van der Waals surface area contributed by atoms with Gasteiger partial charge in [0.15, 0.2) is 0 Å². The number of rotatable bonds is 5. The van der Waals surface area contributed by atoms with E-state index in [1.807, 2.05) is 6.92 Å². The number of aliphatic hydroxyl groups excluding tert-OH is 1. The maximum Gasteiger partial charge on any atom is 0.308 e. The lowest BCUT2D eigenvalue weighted by atomic mass is 10.0. The molecule has 0 aliphatic rings. The SMILES string of the molecule is CCCC(O)Cc1cc(F)cc(F)c1[N+](=O)[O-]. The Kier molecular flexibility index (Phi) is 4.51. The Morgan fingerprint density at radius 2 is 2.12 bits per heavy atom. The molecule has 0 radical (unpaired) electrons. The summed E-state index contributed by atoms with van der Waals surface area (Å²) in [6.45, 7) is 1.84. The second-order valence-corrected chi connectivity index (χ2v) is 3.80. The minimum Gasteiger partial charge on any atom is -0.393 e. The van der Waals surface area contributed by atoms with Crippen LogP contribution in [0.4, 0.5) is 14.5 Å².